The van der Waals surface area contributed by atoms with Crippen LogP contribution in [-0.2, 0) is 11.3 Å². The molecule has 0 aliphatic carbocycles. The van der Waals surface area contributed by atoms with Gasteiger partial charge in [-0.2, -0.15) is 11.3 Å². The molecule has 1 aromatic heterocycles. The van der Waals surface area contributed by atoms with Gasteiger partial charge < -0.3 is 11.1 Å². The van der Waals surface area contributed by atoms with E-state index in [0.29, 0.717) is 31.3 Å². The summed E-state index contributed by atoms with van der Waals surface area (Å²) in [4.78, 5) is 11.7. The molecule has 0 aromatic carbocycles. The zero-order chi connectivity index (χ0) is 12.7. The van der Waals surface area contributed by atoms with E-state index in [-0.39, 0.29) is 5.91 Å². The van der Waals surface area contributed by atoms with Gasteiger partial charge in [-0.3, -0.25) is 4.79 Å². The van der Waals surface area contributed by atoms with Gasteiger partial charge in [0.1, 0.15) is 0 Å². The van der Waals surface area contributed by atoms with Crippen LogP contribution in [0.25, 0.3) is 0 Å². The van der Waals surface area contributed by atoms with E-state index in [9.17, 15) is 4.79 Å². The fraction of sp³-hybridized carbons (Fsp3) is 0.615. The van der Waals surface area contributed by atoms with Gasteiger partial charge >= 0.3 is 0 Å². The molecule has 3 N–H and O–H groups in total. The van der Waals surface area contributed by atoms with Crippen LogP contribution >= 0.6 is 11.3 Å². The average molecular weight is 254 g/mol. The van der Waals surface area contributed by atoms with Crippen LogP contribution in [0.15, 0.2) is 16.8 Å². The van der Waals surface area contributed by atoms with Gasteiger partial charge in [-0.05, 0) is 47.2 Å². The van der Waals surface area contributed by atoms with Crippen molar-refractivity contribution in [3.8, 4) is 0 Å². The Morgan fingerprint density at radius 2 is 2.29 bits per heavy atom. The highest BCUT2D eigenvalue weighted by Gasteiger charge is 2.13. The minimum atomic E-state index is 0.104. The number of carbonyl (C=O) groups is 1. The Morgan fingerprint density at radius 1 is 1.53 bits per heavy atom. The van der Waals surface area contributed by atoms with Crippen molar-refractivity contribution in [1.29, 1.82) is 0 Å². The van der Waals surface area contributed by atoms with Crippen LogP contribution < -0.4 is 11.1 Å². The molecule has 0 aliphatic rings. The van der Waals surface area contributed by atoms with Crippen LogP contribution in [0.5, 0.6) is 0 Å². The molecule has 0 radical (unpaired) electrons. The Bertz CT molecular complexity index is 322. The van der Waals surface area contributed by atoms with Gasteiger partial charge in [0, 0.05) is 13.0 Å². The fourth-order valence-corrected chi connectivity index (χ4v) is 2.53. The maximum Gasteiger partial charge on any atom is 0.220 e. The summed E-state index contributed by atoms with van der Waals surface area (Å²) in [5.74, 6) is 0.998. The van der Waals surface area contributed by atoms with Gasteiger partial charge in [-0.1, -0.05) is 13.8 Å². The third-order valence-electron chi connectivity index (χ3n) is 2.68. The minimum absolute atomic E-state index is 0.104. The zero-order valence-corrected chi connectivity index (χ0v) is 11.4. The molecule has 0 saturated carbocycles. The Morgan fingerprint density at radius 3 is 2.82 bits per heavy atom. The summed E-state index contributed by atoms with van der Waals surface area (Å²) in [6.45, 7) is 5.53. The Kier molecular flexibility index (Phi) is 6.22. The van der Waals surface area contributed by atoms with Crippen LogP contribution in [0.3, 0.4) is 0 Å². The lowest BCUT2D eigenvalue weighted by Gasteiger charge is -2.16. The SMILES string of the molecule is CC(C)CC(CN)CC(=O)NCc1ccsc1. The fourth-order valence-electron chi connectivity index (χ4n) is 1.86. The van der Waals surface area contributed by atoms with Crippen molar-refractivity contribution in [1.82, 2.24) is 5.32 Å². The maximum atomic E-state index is 11.7. The molecule has 4 heteroatoms. The molecular weight excluding hydrogens is 232 g/mol. The number of carbonyl (C=O) groups excluding carboxylic acids is 1. The average Bonchev–Trinajstić information content (AvgIpc) is 2.77. The van der Waals surface area contributed by atoms with E-state index in [2.05, 4.69) is 24.5 Å². The smallest absolute Gasteiger partial charge is 0.220 e. The number of thiophene rings is 1. The molecule has 0 aliphatic heterocycles. The standard InChI is InChI=1S/C13H22N2OS/c1-10(2)5-12(7-14)6-13(16)15-8-11-3-4-17-9-11/h3-4,9-10,12H,5-8,14H2,1-2H3,(H,15,16). The lowest BCUT2D eigenvalue weighted by Crippen LogP contribution is -2.28. The number of nitrogens with one attached hydrogen (secondary N) is 1. The van der Waals surface area contributed by atoms with Gasteiger partial charge in [0.25, 0.3) is 0 Å². The largest absolute Gasteiger partial charge is 0.352 e. The molecular formula is C13H22N2OS. The third kappa shape index (κ3) is 5.84. The molecule has 1 unspecified atom stereocenters. The molecule has 1 amide bonds. The maximum absolute atomic E-state index is 11.7. The first-order valence-electron chi connectivity index (χ1n) is 6.09. The van der Waals surface area contributed by atoms with E-state index in [1.807, 2.05) is 11.4 Å². The van der Waals surface area contributed by atoms with Crippen LogP contribution in [0, 0.1) is 11.8 Å². The number of amides is 1. The summed E-state index contributed by atoms with van der Waals surface area (Å²) in [7, 11) is 0. The normalized spacial score (nSPS) is 12.7. The van der Waals surface area contributed by atoms with Crippen molar-refractivity contribution >= 4 is 17.2 Å². The molecule has 0 spiro atoms. The van der Waals surface area contributed by atoms with E-state index < -0.39 is 0 Å². The molecule has 17 heavy (non-hydrogen) atoms. The monoisotopic (exact) mass is 254 g/mol. The van der Waals surface area contributed by atoms with Crippen molar-refractivity contribution in [3.05, 3.63) is 22.4 Å². The van der Waals surface area contributed by atoms with E-state index in [4.69, 9.17) is 5.73 Å². The molecule has 0 saturated heterocycles. The van der Waals surface area contributed by atoms with Crippen molar-refractivity contribution < 1.29 is 4.79 Å². The highest BCUT2D eigenvalue weighted by Crippen LogP contribution is 2.14. The van der Waals surface area contributed by atoms with E-state index in [1.54, 1.807) is 11.3 Å². The third-order valence-corrected chi connectivity index (χ3v) is 3.41. The van der Waals surface area contributed by atoms with Gasteiger partial charge in [-0.25, -0.2) is 0 Å². The van der Waals surface area contributed by atoms with Gasteiger partial charge in [0.05, 0.1) is 0 Å². The second-order valence-corrected chi connectivity index (χ2v) is 5.62. The van der Waals surface area contributed by atoms with Crippen molar-refractivity contribution in [2.24, 2.45) is 17.6 Å². The van der Waals surface area contributed by atoms with Gasteiger partial charge in [0.15, 0.2) is 0 Å². The Labute approximate surface area is 107 Å². The topological polar surface area (TPSA) is 55.1 Å². The summed E-state index contributed by atoms with van der Waals surface area (Å²) in [5.41, 5.74) is 6.85. The van der Waals surface area contributed by atoms with E-state index in [0.717, 1.165) is 12.0 Å². The zero-order valence-electron chi connectivity index (χ0n) is 10.6. The lowest BCUT2D eigenvalue weighted by molar-refractivity contribution is -0.122. The summed E-state index contributed by atoms with van der Waals surface area (Å²) >= 11 is 1.65. The minimum Gasteiger partial charge on any atom is -0.352 e. The van der Waals surface area contributed by atoms with Crippen molar-refractivity contribution in [2.45, 2.75) is 33.2 Å². The number of hydrogen-bond acceptors (Lipinski definition) is 3. The molecule has 0 fully saturated rings. The molecule has 1 atom stereocenters. The quantitative estimate of drug-likeness (QED) is 0.785. The number of rotatable bonds is 7. The van der Waals surface area contributed by atoms with Crippen LogP contribution in [0.1, 0.15) is 32.3 Å². The number of nitrogens with two attached hydrogens (primary N) is 1. The van der Waals surface area contributed by atoms with E-state index in [1.165, 1.54) is 0 Å². The van der Waals surface area contributed by atoms with Crippen LogP contribution in [-0.4, -0.2) is 12.5 Å². The first-order chi connectivity index (χ1) is 8.11. The Hall–Kier alpha value is -0.870. The van der Waals surface area contributed by atoms with Crippen molar-refractivity contribution in [2.75, 3.05) is 6.54 Å². The molecule has 96 valence electrons. The van der Waals surface area contributed by atoms with Crippen LogP contribution in [0.2, 0.25) is 0 Å². The Balaban J connectivity index is 2.27. The number of hydrogen-bond donors (Lipinski definition) is 2. The summed E-state index contributed by atoms with van der Waals surface area (Å²) in [6, 6.07) is 2.03. The highest BCUT2D eigenvalue weighted by molar-refractivity contribution is 7.07. The molecule has 3 nitrogen and oxygen atoms in total. The molecule has 1 aromatic rings. The van der Waals surface area contributed by atoms with Gasteiger partial charge in [0.2, 0.25) is 5.91 Å². The first kappa shape index (κ1) is 14.2. The summed E-state index contributed by atoms with van der Waals surface area (Å²) in [5, 5.41) is 7.00. The second kappa shape index (κ2) is 7.45. The first-order valence-corrected chi connectivity index (χ1v) is 7.04. The van der Waals surface area contributed by atoms with E-state index >= 15 is 0 Å². The summed E-state index contributed by atoms with van der Waals surface area (Å²) in [6.07, 6.45) is 1.56. The summed E-state index contributed by atoms with van der Waals surface area (Å²) < 4.78 is 0. The highest BCUT2D eigenvalue weighted by atomic mass is 32.1. The molecule has 1 heterocycles. The van der Waals surface area contributed by atoms with Crippen molar-refractivity contribution in [3.63, 3.8) is 0 Å². The van der Waals surface area contributed by atoms with Gasteiger partial charge in [-0.15, -0.1) is 0 Å². The molecule has 1 rings (SSSR count). The predicted molar refractivity (Wildman–Crippen MR) is 72.8 cm³/mol. The van der Waals surface area contributed by atoms with Crippen LogP contribution in [0.4, 0.5) is 0 Å². The predicted octanol–water partition coefficient (Wildman–Crippen LogP) is 2.38. The lowest BCUT2D eigenvalue weighted by atomic mass is 9.94. The second-order valence-electron chi connectivity index (χ2n) is 4.84. The molecule has 0 bridgehead atoms.